The fourth-order valence-corrected chi connectivity index (χ4v) is 4.43. The number of likely N-dealkylation sites (tertiary alicyclic amines) is 2. The Morgan fingerprint density at radius 1 is 1.36 bits per heavy atom. The van der Waals surface area contributed by atoms with E-state index in [1.165, 1.54) is 6.07 Å². The number of amides is 1. The summed E-state index contributed by atoms with van der Waals surface area (Å²) >= 11 is 0. The first kappa shape index (κ1) is 16.5. The summed E-state index contributed by atoms with van der Waals surface area (Å²) in [4.78, 5) is 17.1. The molecule has 0 N–H and O–H groups in total. The minimum atomic E-state index is -0.489. The van der Waals surface area contributed by atoms with E-state index in [0.717, 1.165) is 37.9 Å². The SMILES string of the molecule is N#Cc1cc(CN2C[C@H](C(=O)N3CCCC3)[C@H]3OCC[C@H]32)ccc1F. The molecule has 1 aromatic rings. The predicted octanol–water partition coefficient (Wildman–Crippen LogP) is 1.91. The van der Waals surface area contributed by atoms with Crippen LogP contribution < -0.4 is 0 Å². The summed E-state index contributed by atoms with van der Waals surface area (Å²) in [5.41, 5.74) is 0.971. The molecule has 0 aliphatic carbocycles. The Morgan fingerprint density at radius 3 is 2.92 bits per heavy atom. The van der Waals surface area contributed by atoms with Crippen molar-refractivity contribution in [2.75, 3.05) is 26.2 Å². The third kappa shape index (κ3) is 3.03. The summed E-state index contributed by atoms with van der Waals surface area (Å²) in [6.07, 6.45) is 3.05. The lowest BCUT2D eigenvalue weighted by atomic mass is 10.0. The van der Waals surface area contributed by atoms with Crippen molar-refractivity contribution in [3.63, 3.8) is 0 Å². The zero-order valence-electron chi connectivity index (χ0n) is 14.2. The Labute approximate surface area is 147 Å². The molecule has 3 heterocycles. The number of carbonyl (C=O) groups is 1. The monoisotopic (exact) mass is 343 g/mol. The summed E-state index contributed by atoms with van der Waals surface area (Å²) in [7, 11) is 0. The molecule has 0 bridgehead atoms. The van der Waals surface area contributed by atoms with E-state index in [1.807, 2.05) is 11.0 Å². The molecule has 132 valence electrons. The van der Waals surface area contributed by atoms with Crippen molar-refractivity contribution in [1.29, 1.82) is 5.26 Å². The zero-order valence-corrected chi connectivity index (χ0v) is 14.2. The predicted molar refractivity (Wildman–Crippen MR) is 89.0 cm³/mol. The number of fused-ring (bicyclic) bond motifs is 1. The van der Waals surface area contributed by atoms with Crippen LogP contribution in [0.5, 0.6) is 0 Å². The second-order valence-corrected chi connectivity index (χ2v) is 7.19. The molecule has 0 radical (unpaired) electrons. The minimum Gasteiger partial charge on any atom is -0.376 e. The van der Waals surface area contributed by atoms with Crippen LogP contribution >= 0.6 is 0 Å². The largest absolute Gasteiger partial charge is 0.376 e. The number of benzene rings is 1. The molecule has 25 heavy (non-hydrogen) atoms. The molecule has 6 heteroatoms. The smallest absolute Gasteiger partial charge is 0.229 e. The lowest BCUT2D eigenvalue weighted by molar-refractivity contribution is -0.137. The lowest BCUT2D eigenvalue weighted by Crippen LogP contribution is -2.39. The van der Waals surface area contributed by atoms with E-state index >= 15 is 0 Å². The third-order valence-electron chi connectivity index (χ3n) is 5.67. The molecule has 3 aliphatic heterocycles. The Bertz CT molecular complexity index is 711. The molecule has 0 unspecified atom stereocenters. The highest BCUT2D eigenvalue weighted by Gasteiger charge is 2.49. The molecule has 5 nitrogen and oxygen atoms in total. The van der Waals surface area contributed by atoms with Gasteiger partial charge in [-0.1, -0.05) is 6.07 Å². The van der Waals surface area contributed by atoms with Gasteiger partial charge in [-0.15, -0.1) is 0 Å². The number of halogens is 1. The van der Waals surface area contributed by atoms with Crippen LogP contribution in [0.4, 0.5) is 4.39 Å². The van der Waals surface area contributed by atoms with Gasteiger partial charge in [-0.05, 0) is 37.0 Å². The van der Waals surface area contributed by atoms with Crippen LogP contribution in [-0.4, -0.2) is 54.1 Å². The maximum absolute atomic E-state index is 13.5. The van der Waals surface area contributed by atoms with E-state index in [2.05, 4.69) is 4.90 Å². The Balaban J connectivity index is 1.51. The van der Waals surface area contributed by atoms with E-state index in [4.69, 9.17) is 10.00 Å². The number of nitrogens with zero attached hydrogens (tertiary/aromatic N) is 3. The second-order valence-electron chi connectivity index (χ2n) is 7.19. The number of carbonyl (C=O) groups excluding carboxylic acids is 1. The van der Waals surface area contributed by atoms with Gasteiger partial charge >= 0.3 is 0 Å². The first-order chi connectivity index (χ1) is 12.2. The van der Waals surface area contributed by atoms with Crippen molar-refractivity contribution in [2.45, 2.75) is 38.0 Å². The molecule has 3 fully saturated rings. The van der Waals surface area contributed by atoms with Gasteiger partial charge in [0.15, 0.2) is 0 Å². The van der Waals surface area contributed by atoms with E-state index in [9.17, 15) is 9.18 Å². The van der Waals surface area contributed by atoms with Crippen LogP contribution in [0.2, 0.25) is 0 Å². The number of ether oxygens (including phenoxy) is 1. The van der Waals surface area contributed by atoms with Crippen molar-refractivity contribution in [3.8, 4) is 6.07 Å². The molecule has 1 aromatic carbocycles. The fourth-order valence-electron chi connectivity index (χ4n) is 4.43. The third-order valence-corrected chi connectivity index (χ3v) is 5.67. The van der Waals surface area contributed by atoms with Gasteiger partial charge < -0.3 is 9.64 Å². The standard InChI is InChI=1S/C19H22FN3O2/c20-16-4-3-13(9-14(16)10-21)11-23-12-15(18-17(23)5-8-25-18)19(24)22-6-1-2-7-22/h3-4,9,15,17-18H,1-2,5-8,11-12H2/t15-,17+,18+/m0/s1. The van der Waals surface area contributed by atoms with Crippen LogP contribution in [0.15, 0.2) is 18.2 Å². The molecule has 3 atom stereocenters. The minimum absolute atomic E-state index is 0.0380. The van der Waals surface area contributed by atoms with E-state index in [-0.39, 0.29) is 29.5 Å². The topological polar surface area (TPSA) is 56.6 Å². The van der Waals surface area contributed by atoms with Crippen molar-refractivity contribution in [1.82, 2.24) is 9.80 Å². The molecule has 3 aliphatic rings. The molecule has 0 saturated carbocycles. The lowest BCUT2D eigenvalue weighted by Gasteiger charge is -2.23. The quantitative estimate of drug-likeness (QED) is 0.841. The average Bonchev–Trinajstić information content (AvgIpc) is 3.34. The summed E-state index contributed by atoms with van der Waals surface area (Å²) < 4.78 is 19.4. The number of nitriles is 1. The maximum atomic E-state index is 13.5. The van der Waals surface area contributed by atoms with Crippen LogP contribution in [0.25, 0.3) is 0 Å². The molecule has 3 saturated heterocycles. The van der Waals surface area contributed by atoms with Gasteiger partial charge in [0, 0.05) is 38.8 Å². The van der Waals surface area contributed by atoms with Gasteiger partial charge in [0.2, 0.25) is 5.91 Å². The van der Waals surface area contributed by atoms with Crippen LogP contribution in [0.1, 0.15) is 30.4 Å². The first-order valence-corrected chi connectivity index (χ1v) is 9.00. The Hall–Kier alpha value is -1.97. The average molecular weight is 343 g/mol. The number of hydrogen-bond donors (Lipinski definition) is 0. The van der Waals surface area contributed by atoms with Crippen molar-refractivity contribution < 1.29 is 13.9 Å². The van der Waals surface area contributed by atoms with Gasteiger partial charge in [0.05, 0.1) is 17.6 Å². The van der Waals surface area contributed by atoms with Gasteiger partial charge in [0.1, 0.15) is 11.9 Å². The normalized spacial score (nSPS) is 29.0. The van der Waals surface area contributed by atoms with E-state index < -0.39 is 5.82 Å². The van der Waals surface area contributed by atoms with Gasteiger partial charge in [-0.2, -0.15) is 5.26 Å². The summed E-state index contributed by atoms with van der Waals surface area (Å²) in [6, 6.07) is 6.79. The zero-order chi connectivity index (χ0) is 17.4. The highest BCUT2D eigenvalue weighted by Crippen LogP contribution is 2.36. The van der Waals surface area contributed by atoms with Crippen molar-refractivity contribution >= 4 is 5.91 Å². The molecular weight excluding hydrogens is 321 g/mol. The second kappa shape index (κ2) is 6.74. The van der Waals surface area contributed by atoms with Crippen LogP contribution in [0.3, 0.4) is 0 Å². The summed E-state index contributed by atoms with van der Waals surface area (Å²) in [6.45, 7) is 3.68. The number of rotatable bonds is 3. The molecular formula is C19H22FN3O2. The molecule has 0 aromatic heterocycles. The van der Waals surface area contributed by atoms with Gasteiger partial charge in [-0.3, -0.25) is 9.69 Å². The van der Waals surface area contributed by atoms with Crippen molar-refractivity contribution in [2.24, 2.45) is 5.92 Å². The Morgan fingerprint density at radius 2 is 2.16 bits per heavy atom. The van der Waals surface area contributed by atoms with Crippen molar-refractivity contribution in [3.05, 3.63) is 35.1 Å². The van der Waals surface area contributed by atoms with E-state index in [1.54, 1.807) is 12.1 Å². The molecule has 1 amide bonds. The highest BCUT2D eigenvalue weighted by molar-refractivity contribution is 5.80. The van der Waals surface area contributed by atoms with Gasteiger partial charge in [0.25, 0.3) is 0 Å². The summed E-state index contributed by atoms with van der Waals surface area (Å²) in [5.74, 6) is -0.382. The fraction of sp³-hybridized carbons (Fsp3) is 0.579. The summed E-state index contributed by atoms with van der Waals surface area (Å²) in [5, 5.41) is 9.02. The number of hydrogen-bond acceptors (Lipinski definition) is 4. The highest BCUT2D eigenvalue weighted by atomic mass is 19.1. The van der Waals surface area contributed by atoms with Gasteiger partial charge in [-0.25, -0.2) is 4.39 Å². The molecule has 0 spiro atoms. The van der Waals surface area contributed by atoms with Crippen LogP contribution in [-0.2, 0) is 16.1 Å². The maximum Gasteiger partial charge on any atom is 0.229 e. The Kier molecular flexibility index (Phi) is 4.45. The first-order valence-electron chi connectivity index (χ1n) is 9.00. The van der Waals surface area contributed by atoms with Crippen LogP contribution in [0, 0.1) is 23.1 Å². The molecule has 4 rings (SSSR count). The van der Waals surface area contributed by atoms with E-state index in [0.29, 0.717) is 19.7 Å².